The summed E-state index contributed by atoms with van der Waals surface area (Å²) in [4.78, 5) is 14.3. The zero-order valence-electron chi connectivity index (χ0n) is 16.6. The molecule has 2 aliphatic rings. The first-order chi connectivity index (χ1) is 12.5. The predicted octanol–water partition coefficient (Wildman–Crippen LogP) is 3.53. The van der Waals surface area contributed by atoms with Crippen LogP contribution in [0.3, 0.4) is 0 Å². The van der Waals surface area contributed by atoms with Crippen LogP contribution in [0.25, 0.3) is 0 Å². The maximum absolute atomic E-state index is 11.8. The van der Waals surface area contributed by atoms with Crippen LogP contribution in [0.4, 0.5) is 0 Å². The molecule has 1 aromatic rings. The van der Waals surface area contributed by atoms with Crippen molar-refractivity contribution in [2.75, 3.05) is 19.6 Å². The molecule has 2 aliphatic heterocycles. The summed E-state index contributed by atoms with van der Waals surface area (Å²) in [5, 5.41) is 3.02. The van der Waals surface area contributed by atoms with E-state index in [4.69, 9.17) is 4.74 Å². The Morgan fingerprint density at radius 1 is 1.19 bits per heavy atom. The minimum atomic E-state index is 0.0417. The van der Waals surface area contributed by atoms with Gasteiger partial charge in [0.1, 0.15) is 0 Å². The van der Waals surface area contributed by atoms with Gasteiger partial charge in [-0.1, -0.05) is 45.0 Å². The summed E-state index contributed by atoms with van der Waals surface area (Å²) in [5.41, 5.74) is 2.86. The van der Waals surface area contributed by atoms with E-state index in [2.05, 4.69) is 41.4 Å². The van der Waals surface area contributed by atoms with E-state index in [9.17, 15) is 4.79 Å². The third-order valence-corrected chi connectivity index (χ3v) is 5.97. The summed E-state index contributed by atoms with van der Waals surface area (Å²) in [6.45, 7) is 9.94. The Bertz CT molecular complexity index is 589. The van der Waals surface area contributed by atoms with Crippen LogP contribution >= 0.6 is 0 Å². The molecular weight excluding hydrogens is 324 g/mol. The number of nitrogens with one attached hydrogen (secondary N) is 1. The van der Waals surface area contributed by atoms with Crippen molar-refractivity contribution >= 4 is 5.91 Å². The van der Waals surface area contributed by atoms with Crippen LogP contribution in [0, 0.1) is 5.92 Å². The predicted molar refractivity (Wildman–Crippen MR) is 105 cm³/mol. The summed E-state index contributed by atoms with van der Waals surface area (Å²) in [6, 6.07) is 9.03. The average molecular weight is 359 g/mol. The summed E-state index contributed by atoms with van der Waals surface area (Å²) in [6.07, 6.45) is 5.70. The van der Waals surface area contributed by atoms with Gasteiger partial charge in [0.05, 0.1) is 11.7 Å². The maximum atomic E-state index is 11.8. The lowest BCUT2D eigenvalue weighted by atomic mass is 9.88. The molecule has 1 unspecified atom stereocenters. The van der Waals surface area contributed by atoms with Crippen LogP contribution < -0.4 is 5.32 Å². The number of hydrogen-bond donors (Lipinski definition) is 1. The van der Waals surface area contributed by atoms with E-state index in [-0.39, 0.29) is 23.5 Å². The molecule has 0 saturated carbocycles. The lowest BCUT2D eigenvalue weighted by Gasteiger charge is -2.39. The van der Waals surface area contributed by atoms with Crippen LogP contribution in [0.5, 0.6) is 0 Å². The Kier molecular flexibility index (Phi) is 6.36. The first-order valence-corrected chi connectivity index (χ1v) is 10.3. The van der Waals surface area contributed by atoms with Gasteiger partial charge in [0, 0.05) is 32.1 Å². The second-order valence-corrected chi connectivity index (χ2v) is 8.31. The van der Waals surface area contributed by atoms with Gasteiger partial charge in [0.2, 0.25) is 5.91 Å². The Morgan fingerprint density at radius 3 is 2.46 bits per heavy atom. The third-order valence-electron chi connectivity index (χ3n) is 5.97. The normalized spacial score (nSPS) is 22.8. The Balaban J connectivity index is 1.43. The highest BCUT2D eigenvalue weighted by molar-refractivity contribution is 5.77. The van der Waals surface area contributed by atoms with E-state index in [1.165, 1.54) is 11.1 Å². The van der Waals surface area contributed by atoms with Gasteiger partial charge in [-0.05, 0) is 43.2 Å². The van der Waals surface area contributed by atoms with Gasteiger partial charge < -0.3 is 10.1 Å². The molecule has 0 bridgehead atoms. The number of carbonyl (C=O) groups is 1. The minimum Gasteiger partial charge on any atom is -0.370 e. The molecule has 4 heteroatoms. The second-order valence-electron chi connectivity index (χ2n) is 8.31. The highest BCUT2D eigenvalue weighted by atomic mass is 16.5. The number of rotatable bonds is 6. The first kappa shape index (κ1) is 19.4. The van der Waals surface area contributed by atoms with Crippen LogP contribution in [0.15, 0.2) is 24.3 Å². The first-order valence-electron chi connectivity index (χ1n) is 10.3. The molecule has 2 saturated heterocycles. The molecule has 144 valence electrons. The molecule has 0 aliphatic carbocycles. The molecule has 1 N–H and O–H groups in total. The number of benzene rings is 1. The molecular formula is C22H34N2O2. The number of likely N-dealkylation sites (tertiary alicyclic amines) is 1. The van der Waals surface area contributed by atoms with Crippen molar-refractivity contribution in [1.29, 1.82) is 0 Å². The van der Waals surface area contributed by atoms with Crippen LogP contribution in [0.1, 0.15) is 57.6 Å². The number of carbonyl (C=O) groups excluding carboxylic acids is 1. The molecule has 26 heavy (non-hydrogen) atoms. The average Bonchev–Trinajstić information content (AvgIpc) is 3.05. The van der Waals surface area contributed by atoms with E-state index < -0.39 is 0 Å². The fourth-order valence-corrected chi connectivity index (χ4v) is 4.08. The van der Waals surface area contributed by atoms with Gasteiger partial charge in [-0.15, -0.1) is 0 Å². The number of hydrogen-bond acceptors (Lipinski definition) is 3. The molecule has 0 aromatic heterocycles. The number of ether oxygens (including phenoxy) is 1. The standard InChI is InChI=1S/C22H34N2O2/c1-4-18-5-7-19(8-6-18)16-24-13-11-22(12-14-24)10-9-20(26-22)15-23-21(25)17(2)3/h5-8,17,20H,4,9-16H2,1-3H3,(H,23,25). The monoisotopic (exact) mass is 358 g/mol. The van der Waals surface area contributed by atoms with Gasteiger partial charge in [-0.25, -0.2) is 0 Å². The summed E-state index contributed by atoms with van der Waals surface area (Å²) in [7, 11) is 0. The topological polar surface area (TPSA) is 41.6 Å². The van der Waals surface area contributed by atoms with Gasteiger partial charge in [0.15, 0.2) is 0 Å². The smallest absolute Gasteiger partial charge is 0.222 e. The number of aryl methyl sites for hydroxylation is 1. The number of nitrogens with zero attached hydrogens (tertiary/aromatic N) is 1. The molecule has 2 fully saturated rings. The van der Waals surface area contributed by atoms with Crippen LogP contribution in [-0.4, -0.2) is 42.1 Å². The molecule has 1 atom stereocenters. The largest absolute Gasteiger partial charge is 0.370 e. The maximum Gasteiger partial charge on any atom is 0.222 e. The number of piperidine rings is 1. The van der Waals surface area contributed by atoms with Crippen molar-refractivity contribution in [2.24, 2.45) is 5.92 Å². The van der Waals surface area contributed by atoms with Crippen molar-refractivity contribution in [1.82, 2.24) is 10.2 Å². The molecule has 1 amide bonds. The van der Waals surface area contributed by atoms with Crippen molar-refractivity contribution < 1.29 is 9.53 Å². The lowest BCUT2D eigenvalue weighted by Crippen LogP contribution is -2.45. The van der Waals surface area contributed by atoms with Crippen molar-refractivity contribution in [3.05, 3.63) is 35.4 Å². The summed E-state index contributed by atoms with van der Waals surface area (Å²) >= 11 is 0. The van der Waals surface area contributed by atoms with E-state index in [0.717, 1.165) is 51.7 Å². The van der Waals surface area contributed by atoms with Gasteiger partial charge >= 0.3 is 0 Å². The Labute approximate surface area is 158 Å². The van der Waals surface area contributed by atoms with Gasteiger partial charge in [-0.3, -0.25) is 9.69 Å². The SMILES string of the molecule is CCc1ccc(CN2CCC3(CCC(CNC(=O)C(C)C)O3)CC2)cc1. The highest BCUT2D eigenvalue weighted by Crippen LogP contribution is 2.39. The third kappa shape index (κ3) is 4.86. The van der Waals surface area contributed by atoms with Crippen LogP contribution in [-0.2, 0) is 22.5 Å². The molecule has 0 radical (unpaired) electrons. The summed E-state index contributed by atoms with van der Waals surface area (Å²) < 4.78 is 6.41. The van der Waals surface area contributed by atoms with E-state index in [0.29, 0.717) is 6.54 Å². The van der Waals surface area contributed by atoms with E-state index in [1.807, 2.05) is 13.8 Å². The molecule has 2 heterocycles. The zero-order chi connectivity index (χ0) is 18.6. The molecule has 1 spiro atoms. The minimum absolute atomic E-state index is 0.0417. The molecule has 3 rings (SSSR count). The second kappa shape index (κ2) is 8.53. The van der Waals surface area contributed by atoms with E-state index >= 15 is 0 Å². The van der Waals surface area contributed by atoms with Crippen molar-refractivity contribution in [2.45, 2.75) is 71.1 Å². The lowest BCUT2D eigenvalue weighted by molar-refractivity contribution is -0.125. The zero-order valence-corrected chi connectivity index (χ0v) is 16.6. The van der Waals surface area contributed by atoms with Gasteiger partial charge in [0.25, 0.3) is 0 Å². The summed E-state index contributed by atoms with van der Waals surface area (Å²) in [5.74, 6) is 0.165. The Morgan fingerprint density at radius 2 is 1.85 bits per heavy atom. The highest BCUT2D eigenvalue weighted by Gasteiger charge is 2.42. The number of amides is 1. The van der Waals surface area contributed by atoms with Gasteiger partial charge in [-0.2, -0.15) is 0 Å². The van der Waals surface area contributed by atoms with Crippen molar-refractivity contribution in [3.8, 4) is 0 Å². The van der Waals surface area contributed by atoms with Crippen LogP contribution in [0.2, 0.25) is 0 Å². The van der Waals surface area contributed by atoms with Crippen molar-refractivity contribution in [3.63, 3.8) is 0 Å². The quantitative estimate of drug-likeness (QED) is 0.846. The molecule has 4 nitrogen and oxygen atoms in total. The fraction of sp³-hybridized carbons (Fsp3) is 0.682. The van der Waals surface area contributed by atoms with E-state index in [1.54, 1.807) is 0 Å². The molecule has 1 aromatic carbocycles. The Hall–Kier alpha value is -1.39. The fourth-order valence-electron chi connectivity index (χ4n) is 4.08.